The maximum atomic E-state index is 9.21. The Bertz CT molecular complexity index is 331. The van der Waals surface area contributed by atoms with Crippen LogP contribution in [0.4, 0.5) is 0 Å². The Labute approximate surface area is 103 Å². The molecule has 0 aliphatic carbocycles. The Balaban J connectivity index is 1.78. The van der Waals surface area contributed by atoms with Gasteiger partial charge in [0.25, 0.3) is 0 Å². The molecule has 1 aliphatic heterocycles. The number of piperidine rings is 1. The van der Waals surface area contributed by atoms with Crippen molar-refractivity contribution in [1.29, 1.82) is 0 Å². The topological polar surface area (TPSA) is 58.3 Å². The fourth-order valence-electron chi connectivity index (χ4n) is 2.50. The molecule has 1 heterocycles. The molecule has 1 unspecified atom stereocenters. The van der Waals surface area contributed by atoms with Gasteiger partial charge in [0, 0.05) is 6.04 Å². The van der Waals surface area contributed by atoms with Gasteiger partial charge in [-0.3, -0.25) is 0 Å². The van der Waals surface area contributed by atoms with Gasteiger partial charge >= 0.3 is 0 Å². The molecule has 17 heavy (non-hydrogen) atoms. The molecule has 0 saturated carbocycles. The van der Waals surface area contributed by atoms with E-state index in [1.165, 1.54) is 18.4 Å². The Kier molecular flexibility index (Phi) is 4.40. The van der Waals surface area contributed by atoms with Crippen molar-refractivity contribution < 1.29 is 5.11 Å². The second kappa shape index (κ2) is 6.03. The SMILES string of the molecule is NC(CCc1ccc(O)cc1)C1CCNCC1. The summed E-state index contributed by atoms with van der Waals surface area (Å²) >= 11 is 0. The van der Waals surface area contributed by atoms with Gasteiger partial charge in [0.2, 0.25) is 0 Å². The lowest BCUT2D eigenvalue weighted by Gasteiger charge is -2.28. The quantitative estimate of drug-likeness (QED) is 0.742. The van der Waals surface area contributed by atoms with Crippen molar-refractivity contribution in [2.45, 2.75) is 31.7 Å². The van der Waals surface area contributed by atoms with E-state index in [-0.39, 0.29) is 0 Å². The second-order valence-electron chi connectivity index (χ2n) is 4.96. The van der Waals surface area contributed by atoms with E-state index in [9.17, 15) is 5.11 Å². The first-order valence-electron chi connectivity index (χ1n) is 6.50. The highest BCUT2D eigenvalue weighted by Gasteiger charge is 2.19. The van der Waals surface area contributed by atoms with Gasteiger partial charge in [-0.2, -0.15) is 0 Å². The summed E-state index contributed by atoms with van der Waals surface area (Å²) in [4.78, 5) is 0. The molecule has 3 heteroatoms. The highest BCUT2D eigenvalue weighted by Crippen LogP contribution is 2.19. The maximum Gasteiger partial charge on any atom is 0.115 e. The first-order chi connectivity index (χ1) is 8.25. The highest BCUT2D eigenvalue weighted by atomic mass is 16.3. The minimum atomic E-state index is 0.311. The number of hydrogen-bond donors (Lipinski definition) is 3. The summed E-state index contributed by atoms with van der Waals surface area (Å²) in [7, 11) is 0. The summed E-state index contributed by atoms with van der Waals surface area (Å²) in [6, 6.07) is 7.75. The van der Waals surface area contributed by atoms with Crippen molar-refractivity contribution in [2.75, 3.05) is 13.1 Å². The van der Waals surface area contributed by atoms with Crippen LogP contribution in [0.15, 0.2) is 24.3 Å². The van der Waals surface area contributed by atoms with Crippen molar-refractivity contribution in [3.63, 3.8) is 0 Å². The molecule has 94 valence electrons. The number of aryl methyl sites for hydroxylation is 1. The molecule has 3 nitrogen and oxygen atoms in total. The highest BCUT2D eigenvalue weighted by molar-refractivity contribution is 5.25. The Morgan fingerprint density at radius 1 is 1.24 bits per heavy atom. The van der Waals surface area contributed by atoms with Gasteiger partial charge in [-0.25, -0.2) is 0 Å². The van der Waals surface area contributed by atoms with Gasteiger partial charge in [0.15, 0.2) is 0 Å². The summed E-state index contributed by atoms with van der Waals surface area (Å²) in [6.45, 7) is 2.22. The normalized spacial score (nSPS) is 19.1. The van der Waals surface area contributed by atoms with Crippen LogP contribution in [0.5, 0.6) is 5.75 Å². The second-order valence-corrected chi connectivity index (χ2v) is 4.96. The van der Waals surface area contributed by atoms with E-state index in [1.54, 1.807) is 12.1 Å². The Hall–Kier alpha value is -1.06. The molecule has 0 radical (unpaired) electrons. The number of hydrogen-bond acceptors (Lipinski definition) is 3. The number of phenolic OH excluding ortho intramolecular Hbond substituents is 1. The summed E-state index contributed by atoms with van der Waals surface area (Å²) in [5.74, 6) is 1.00. The number of nitrogens with two attached hydrogens (primary N) is 1. The van der Waals surface area contributed by atoms with Crippen LogP contribution in [0.3, 0.4) is 0 Å². The van der Waals surface area contributed by atoms with E-state index >= 15 is 0 Å². The lowest BCUT2D eigenvalue weighted by Crippen LogP contribution is -2.38. The van der Waals surface area contributed by atoms with Gasteiger partial charge in [0.05, 0.1) is 0 Å². The van der Waals surface area contributed by atoms with E-state index in [0.717, 1.165) is 25.9 Å². The smallest absolute Gasteiger partial charge is 0.115 e. The molecule has 4 N–H and O–H groups in total. The summed E-state index contributed by atoms with van der Waals surface area (Å²) in [5, 5.41) is 12.6. The molecular weight excluding hydrogens is 212 g/mol. The van der Waals surface area contributed by atoms with Gasteiger partial charge < -0.3 is 16.2 Å². The lowest BCUT2D eigenvalue weighted by atomic mass is 9.87. The van der Waals surface area contributed by atoms with Crippen LogP contribution in [0.1, 0.15) is 24.8 Å². The lowest BCUT2D eigenvalue weighted by molar-refractivity contribution is 0.307. The zero-order chi connectivity index (χ0) is 12.1. The predicted octanol–water partition coefficient (Wildman–Crippen LogP) is 1.65. The van der Waals surface area contributed by atoms with E-state index in [2.05, 4.69) is 5.32 Å². The third kappa shape index (κ3) is 3.72. The van der Waals surface area contributed by atoms with Crippen LogP contribution >= 0.6 is 0 Å². The number of benzene rings is 1. The largest absolute Gasteiger partial charge is 0.508 e. The average Bonchev–Trinajstić information content (AvgIpc) is 2.39. The number of nitrogens with one attached hydrogen (secondary N) is 1. The Morgan fingerprint density at radius 3 is 2.53 bits per heavy atom. The first kappa shape index (κ1) is 12.4. The number of rotatable bonds is 4. The fraction of sp³-hybridized carbons (Fsp3) is 0.571. The summed E-state index contributed by atoms with van der Waals surface area (Å²) < 4.78 is 0. The molecular formula is C14H22N2O. The minimum Gasteiger partial charge on any atom is -0.508 e. The van der Waals surface area contributed by atoms with Crippen LogP contribution in [-0.2, 0) is 6.42 Å². The zero-order valence-corrected chi connectivity index (χ0v) is 10.2. The Morgan fingerprint density at radius 2 is 1.88 bits per heavy atom. The molecule has 1 saturated heterocycles. The molecule has 2 rings (SSSR count). The van der Waals surface area contributed by atoms with E-state index in [0.29, 0.717) is 17.7 Å². The number of phenols is 1. The van der Waals surface area contributed by atoms with Crippen LogP contribution in [0, 0.1) is 5.92 Å². The first-order valence-corrected chi connectivity index (χ1v) is 6.50. The van der Waals surface area contributed by atoms with Crippen molar-refractivity contribution in [1.82, 2.24) is 5.32 Å². The van der Waals surface area contributed by atoms with Crippen molar-refractivity contribution in [3.8, 4) is 5.75 Å². The predicted molar refractivity (Wildman–Crippen MR) is 70.0 cm³/mol. The molecule has 0 amide bonds. The molecule has 1 aromatic rings. The van der Waals surface area contributed by atoms with Crippen molar-refractivity contribution >= 4 is 0 Å². The maximum absolute atomic E-state index is 9.21. The molecule has 0 aromatic heterocycles. The molecule has 1 atom stereocenters. The third-order valence-electron chi connectivity index (χ3n) is 3.69. The molecule has 0 spiro atoms. The number of aromatic hydroxyl groups is 1. The summed E-state index contributed by atoms with van der Waals surface area (Å²) in [5.41, 5.74) is 7.51. The van der Waals surface area contributed by atoms with E-state index in [1.807, 2.05) is 12.1 Å². The van der Waals surface area contributed by atoms with Crippen LogP contribution in [0.25, 0.3) is 0 Å². The van der Waals surface area contributed by atoms with Gasteiger partial charge in [0.1, 0.15) is 5.75 Å². The zero-order valence-electron chi connectivity index (χ0n) is 10.2. The molecule has 1 aromatic carbocycles. The van der Waals surface area contributed by atoms with Crippen LogP contribution < -0.4 is 11.1 Å². The van der Waals surface area contributed by atoms with E-state index < -0.39 is 0 Å². The van der Waals surface area contributed by atoms with Gasteiger partial charge in [-0.1, -0.05) is 12.1 Å². The van der Waals surface area contributed by atoms with Crippen molar-refractivity contribution in [2.24, 2.45) is 11.7 Å². The fourth-order valence-corrected chi connectivity index (χ4v) is 2.50. The summed E-state index contributed by atoms with van der Waals surface area (Å²) in [6.07, 6.45) is 4.45. The van der Waals surface area contributed by atoms with Crippen LogP contribution in [0.2, 0.25) is 0 Å². The van der Waals surface area contributed by atoms with E-state index in [4.69, 9.17) is 5.73 Å². The van der Waals surface area contributed by atoms with Gasteiger partial charge in [-0.15, -0.1) is 0 Å². The monoisotopic (exact) mass is 234 g/mol. The van der Waals surface area contributed by atoms with Gasteiger partial charge in [-0.05, 0) is 62.4 Å². The molecule has 1 fully saturated rings. The van der Waals surface area contributed by atoms with Crippen molar-refractivity contribution in [3.05, 3.63) is 29.8 Å². The third-order valence-corrected chi connectivity index (χ3v) is 3.69. The minimum absolute atomic E-state index is 0.311. The molecule has 1 aliphatic rings. The molecule has 0 bridgehead atoms. The average molecular weight is 234 g/mol. The standard InChI is InChI=1S/C14H22N2O/c15-14(12-7-9-16-10-8-12)6-3-11-1-4-13(17)5-2-11/h1-2,4-5,12,14,16-17H,3,6-10,15H2. The van der Waals surface area contributed by atoms with Crippen LogP contribution in [-0.4, -0.2) is 24.2 Å².